The lowest BCUT2D eigenvalue weighted by atomic mass is 10.4. The number of fused-ring (bicyclic) bond motifs is 1. The summed E-state index contributed by atoms with van der Waals surface area (Å²) in [7, 11) is 3.69. The van der Waals surface area contributed by atoms with Crippen molar-refractivity contribution in [3.8, 4) is 0 Å². The van der Waals surface area contributed by atoms with Gasteiger partial charge in [0.2, 0.25) is 0 Å². The molecule has 2 heterocycles. The molecule has 2 aromatic heterocycles. The van der Waals surface area contributed by atoms with Crippen LogP contribution in [-0.2, 0) is 4.74 Å². The Morgan fingerprint density at radius 1 is 1.38 bits per heavy atom. The summed E-state index contributed by atoms with van der Waals surface area (Å²) in [5.41, 5.74) is 1.74. The van der Waals surface area contributed by atoms with Gasteiger partial charge in [0, 0.05) is 20.7 Å². The first-order chi connectivity index (χ1) is 7.70. The maximum absolute atomic E-state index is 5.04. The lowest BCUT2D eigenvalue weighted by Gasteiger charge is -2.17. The van der Waals surface area contributed by atoms with Gasteiger partial charge in [-0.05, 0) is 19.1 Å². The molecule has 0 saturated carbocycles. The second-order valence-electron chi connectivity index (χ2n) is 3.77. The maximum Gasteiger partial charge on any atom is 0.159 e. The average molecular weight is 220 g/mol. The van der Waals surface area contributed by atoms with Gasteiger partial charge in [-0.3, -0.25) is 0 Å². The minimum Gasteiger partial charge on any atom is -0.383 e. The topological polar surface area (TPSA) is 54.0 Å². The molecule has 0 atom stereocenters. The van der Waals surface area contributed by atoms with Gasteiger partial charge >= 0.3 is 0 Å². The highest BCUT2D eigenvalue weighted by Crippen LogP contribution is 2.14. The van der Waals surface area contributed by atoms with Crippen LogP contribution in [0.2, 0.25) is 0 Å². The van der Waals surface area contributed by atoms with E-state index in [1.807, 2.05) is 26.1 Å². The number of likely N-dealkylation sites (N-methyl/N-ethyl adjacent to an activating group) is 1. The minimum atomic E-state index is 0.693. The van der Waals surface area contributed by atoms with E-state index in [0.717, 1.165) is 29.4 Å². The molecule has 5 heteroatoms. The number of anilines is 1. The van der Waals surface area contributed by atoms with Crippen LogP contribution < -0.4 is 4.90 Å². The van der Waals surface area contributed by atoms with Gasteiger partial charge in [0.1, 0.15) is 17.2 Å². The van der Waals surface area contributed by atoms with Crippen molar-refractivity contribution < 1.29 is 4.74 Å². The van der Waals surface area contributed by atoms with Crippen LogP contribution in [0.1, 0.15) is 5.82 Å². The maximum atomic E-state index is 5.04. The molecule has 0 saturated heterocycles. The third-order valence-corrected chi connectivity index (χ3v) is 2.47. The number of nitrogens with one attached hydrogen (secondary N) is 1. The second-order valence-corrected chi connectivity index (χ2v) is 3.77. The highest BCUT2D eigenvalue weighted by atomic mass is 16.5. The molecule has 2 aromatic rings. The number of pyridine rings is 1. The smallest absolute Gasteiger partial charge is 0.159 e. The molecular formula is C11H16N4O. The molecule has 0 fully saturated rings. The van der Waals surface area contributed by atoms with Crippen molar-refractivity contribution >= 4 is 17.0 Å². The molecule has 0 aliphatic rings. The Kier molecular flexibility index (Phi) is 3.05. The van der Waals surface area contributed by atoms with Crippen LogP contribution in [0, 0.1) is 6.92 Å². The molecule has 5 nitrogen and oxygen atoms in total. The van der Waals surface area contributed by atoms with Gasteiger partial charge in [-0.2, -0.15) is 0 Å². The number of methoxy groups -OCH3 is 1. The van der Waals surface area contributed by atoms with Crippen molar-refractivity contribution in [2.75, 3.05) is 32.2 Å². The van der Waals surface area contributed by atoms with E-state index in [0.29, 0.717) is 6.61 Å². The van der Waals surface area contributed by atoms with Crippen LogP contribution >= 0.6 is 0 Å². The number of rotatable bonds is 4. The van der Waals surface area contributed by atoms with Crippen LogP contribution in [0.3, 0.4) is 0 Å². The number of imidazole rings is 1. The Morgan fingerprint density at radius 2 is 2.19 bits per heavy atom. The standard InChI is InChI=1S/C11H16N4O/c1-8-12-9-4-5-10(14-11(9)13-8)15(2)6-7-16-3/h4-5H,6-7H2,1-3H3,(H,12,13,14). The summed E-state index contributed by atoms with van der Waals surface area (Å²) in [6.45, 7) is 3.44. The van der Waals surface area contributed by atoms with Gasteiger partial charge in [0.15, 0.2) is 5.65 Å². The van der Waals surface area contributed by atoms with Crippen LogP contribution in [-0.4, -0.2) is 42.3 Å². The Bertz CT molecular complexity index is 480. The van der Waals surface area contributed by atoms with Gasteiger partial charge in [0.05, 0.1) is 6.61 Å². The minimum absolute atomic E-state index is 0.693. The Labute approximate surface area is 94.5 Å². The average Bonchev–Trinajstić information content (AvgIpc) is 2.64. The summed E-state index contributed by atoms with van der Waals surface area (Å²) in [5, 5.41) is 0. The van der Waals surface area contributed by atoms with Crippen molar-refractivity contribution in [1.82, 2.24) is 15.0 Å². The zero-order valence-corrected chi connectivity index (χ0v) is 9.82. The fourth-order valence-corrected chi connectivity index (χ4v) is 1.56. The van der Waals surface area contributed by atoms with Crippen molar-refractivity contribution in [3.05, 3.63) is 18.0 Å². The van der Waals surface area contributed by atoms with E-state index in [-0.39, 0.29) is 0 Å². The van der Waals surface area contributed by atoms with E-state index in [9.17, 15) is 0 Å². The number of aromatic amines is 1. The lowest BCUT2D eigenvalue weighted by Crippen LogP contribution is -2.22. The predicted molar refractivity (Wildman–Crippen MR) is 63.8 cm³/mol. The van der Waals surface area contributed by atoms with E-state index in [1.165, 1.54) is 0 Å². The lowest BCUT2D eigenvalue weighted by molar-refractivity contribution is 0.206. The number of ether oxygens (including phenoxy) is 1. The monoisotopic (exact) mass is 220 g/mol. The number of aromatic nitrogens is 3. The van der Waals surface area contributed by atoms with E-state index >= 15 is 0 Å². The molecule has 0 aromatic carbocycles. The van der Waals surface area contributed by atoms with Crippen LogP contribution in [0.15, 0.2) is 12.1 Å². The van der Waals surface area contributed by atoms with E-state index in [2.05, 4.69) is 19.9 Å². The fraction of sp³-hybridized carbons (Fsp3) is 0.455. The molecule has 0 amide bonds. The molecule has 16 heavy (non-hydrogen) atoms. The first kappa shape index (κ1) is 10.9. The molecule has 0 bridgehead atoms. The number of hydrogen-bond donors (Lipinski definition) is 1. The summed E-state index contributed by atoms with van der Waals surface area (Å²) in [5.74, 6) is 1.81. The SMILES string of the molecule is COCCN(C)c1ccc2nc(C)[nH]c2n1. The second kappa shape index (κ2) is 4.49. The predicted octanol–water partition coefficient (Wildman–Crippen LogP) is 1.35. The van der Waals surface area contributed by atoms with Gasteiger partial charge in [-0.25, -0.2) is 9.97 Å². The molecule has 0 radical (unpaired) electrons. The molecule has 0 aliphatic carbocycles. The number of H-pyrrole nitrogens is 1. The van der Waals surface area contributed by atoms with Crippen molar-refractivity contribution in [2.24, 2.45) is 0 Å². The molecule has 86 valence electrons. The van der Waals surface area contributed by atoms with Gasteiger partial charge in [0.25, 0.3) is 0 Å². The van der Waals surface area contributed by atoms with Crippen molar-refractivity contribution in [3.63, 3.8) is 0 Å². The van der Waals surface area contributed by atoms with Gasteiger partial charge in [-0.15, -0.1) is 0 Å². The Balaban J connectivity index is 2.24. The number of aryl methyl sites for hydroxylation is 1. The summed E-state index contributed by atoms with van der Waals surface area (Å²) in [6, 6.07) is 3.95. The molecule has 0 aliphatic heterocycles. The Hall–Kier alpha value is -1.62. The quantitative estimate of drug-likeness (QED) is 0.845. The fourth-order valence-electron chi connectivity index (χ4n) is 1.56. The summed E-state index contributed by atoms with van der Waals surface area (Å²) in [4.78, 5) is 14.0. The summed E-state index contributed by atoms with van der Waals surface area (Å²) >= 11 is 0. The molecule has 1 N–H and O–H groups in total. The van der Waals surface area contributed by atoms with Crippen LogP contribution in [0.25, 0.3) is 11.2 Å². The summed E-state index contributed by atoms with van der Waals surface area (Å²) < 4.78 is 5.04. The first-order valence-corrected chi connectivity index (χ1v) is 5.24. The summed E-state index contributed by atoms with van der Waals surface area (Å²) in [6.07, 6.45) is 0. The normalized spacial score (nSPS) is 10.9. The van der Waals surface area contributed by atoms with Crippen LogP contribution in [0.4, 0.5) is 5.82 Å². The van der Waals surface area contributed by atoms with E-state index in [4.69, 9.17) is 4.74 Å². The number of hydrogen-bond acceptors (Lipinski definition) is 4. The number of nitrogens with zero attached hydrogens (tertiary/aromatic N) is 3. The Morgan fingerprint density at radius 3 is 2.94 bits per heavy atom. The van der Waals surface area contributed by atoms with Crippen molar-refractivity contribution in [1.29, 1.82) is 0 Å². The van der Waals surface area contributed by atoms with Crippen LogP contribution in [0.5, 0.6) is 0 Å². The highest BCUT2D eigenvalue weighted by molar-refractivity contribution is 5.73. The van der Waals surface area contributed by atoms with E-state index in [1.54, 1.807) is 7.11 Å². The van der Waals surface area contributed by atoms with E-state index < -0.39 is 0 Å². The third kappa shape index (κ3) is 2.14. The highest BCUT2D eigenvalue weighted by Gasteiger charge is 2.05. The molecular weight excluding hydrogens is 204 g/mol. The largest absolute Gasteiger partial charge is 0.383 e. The van der Waals surface area contributed by atoms with Gasteiger partial charge in [-0.1, -0.05) is 0 Å². The third-order valence-electron chi connectivity index (χ3n) is 2.47. The zero-order chi connectivity index (χ0) is 11.5. The zero-order valence-electron chi connectivity index (χ0n) is 9.82. The molecule has 0 unspecified atom stereocenters. The molecule has 2 rings (SSSR count). The first-order valence-electron chi connectivity index (χ1n) is 5.24. The van der Waals surface area contributed by atoms with Crippen molar-refractivity contribution in [2.45, 2.75) is 6.92 Å². The molecule has 0 spiro atoms. The van der Waals surface area contributed by atoms with Gasteiger partial charge < -0.3 is 14.6 Å².